The lowest BCUT2D eigenvalue weighted by molar-refractivity contribution is -0.116. The number of benzene rings is 1. The SMILES string of the molecule is CC(=O)N1C(=O)OCc2ccccc21. The monoisotopic (exact) mass is 191 g/mol. The van der Waals surface area contributed by atoms with Crippen LogP contribution in [0.4, 0.5) is 10.5 Å². The molecule has 0 saturated carbocycles. The fourth-order valence-corrected chi connectivity index (χ4v) is 1.45. The van der Waals surface area contributed by atoms with Gasteiger partial charge in [0, 0.05) is 12.5 Å². The molecule has 14 heavy (non-hydrogen) atoms. The molecule has 0 bridgehead atoms. The second kappa shape index (κ2) is 3.14. The van der Waals surface area contributed by atoms with Gasteiger partial charge < -0.3 is 4.74 Å². The highest BCUT2D eigenvalue weighted by Gasteiger charge is 2.28. The van der Waals surface area contributed by atoms with Crippen molar-refractivity contribution in [2.75, 3.05) is 4.90 Å². The van der Waals surface area contributed by atoms with E-state index in [-0.39, 0.29) is 12.5 Å². The standard InChI is InChI=1S/C10H9NO3/c1-7(12)11-9-5-3-2-4-8(9)6-14-10(11)13/h2-5H,6H2,1H3. The molecule has 0 fully saturated rings. The van der Waals surface area contributed by atoms with Gasteiger partial charge in [0.05, 0.1) is 5.69 Å². The zero-order chi connectivity index (χ0) is 10.1. The van der Waals surface area contributed by atoms with E-state index in [9.17, 15) is 9.59 Å². The molecule has 0 radical (unpaired) electrons. The van der Waals surface area contributed by atoms with Gasteiger partial charge in [0.25, 0.3) is 0 Å². The summed E-state index contributed by atoms with van der Waals surface area (Å²) >= 11 is 0. The number of fused-ring (bicyclic) bond motifs is 1. The number of hydrogen-bond donors (Lipinski definition) is 0. The first-order valence-corrected chi connectivity index (χ1v) is 4.25. The summed E-state index contributed by atoms with van der Waals surface area (Å²) < 4.78 is 4.84. The molecule has 0 aromatic heterocycles. The molecule has 0 N–H and O–H groups in total. The van der Waals surface area contributed by atoms with Crippen LogP contribution in [-0.4, -0.2) is 12.0 Å². The minimum Gasteiger partial charge on any atom is -0.444 e. The molecular formula is C10H9NO3. The van der Waals surface area contributed by atoms with Crippen LogP contribution in [-0.2, 0) is 16.1 Å². The van der Waals surface area contributed by atoms with Crippen molar-refractivity contribution in [3.8, 4) is 0 Å². The quantitative estimate of drug-likeness (QED) is 0.626. The van der Waals surface area contributed by atoms with Gasteiger partial charge in [0.15, 0.2) is 0 Å². The lowest BCUT2D eigenvalue weighted by atomic mass is 10.1. The van der Waals surface area contributed by atoms with Crippen molar-refractivity contribution in [2.24, 2.45) is 0 Å². The van der Waals surface area contributed by atoms with E-state index in [0.29, 0.717) is 5.69 Å². The lowest BCUT2D eigenvalue weighted by Gasteiger charge is -2.25. The number of cyclic esters (lactones) is 1. The highest BCUT2D eigenvalue weighted by atomic mass is 16.6. The number of carbonyl (C=O) groups excluding carboxylic acids is 2. The molecule has 0 saturated heterocycles. The van der Waals surface area contributed by atoms with Crippen LogP contribution in [0.1, 0.15) is 12.5 Å². The van der Waals surface area contributed by atoms with Crippen LogP contribution in [0.15, 0.2) is 24.3 Å². The zero-order valence-corrected chi connectivity index (χ0v) is 7.69. The number of rotatable bonds is 0. The number of anilines is 1. The fraction of sp³-hybridized carbons (Fsp3) is 0.200. The number of carbonyl (C=O) groups is 2. The number of ether oxygens (including phenoxy) is 1. The second-order valence-corrected chi connectivity index (χ2v) is 3.04. The van der Waals surface area contributed by atoms with Gasteiger partial charge in [0.1, 0.15) is 6.61 Å². The van der Waals surface area contributed by atoms with Gasteiger partial charge in [-0.1, -0.05) is 18.2 Å². The first kappa shape index (κ1) is 8.74. The van der Waals surface area contributed by atoms with Crippen LogP contribution in [0, 0.1) is 0 Å². The highest BCUT2D eigenvalue weighted by Crippen LogP contribution is 2.26. The minimum atomic E-state index is -0.601. The van der Waals surface area contributed by atoms with Crippen LogP contribution in [0.5, 0.6) is 0 Å². The first-order valence-electron chi connectivity index (χ1n) is 4.25. The maximum Gasteiger partial charge on any atom is 0.421 e. The lowest BCUT2D eigenvalue weighted by Crippen LogP contribution is -2.39. The van der Waals surface area contributed by atoms with Crippen molar-refractivity contribution in [3.05, 3.63) is 29.8 Å². The van der Waals surface area contributed by atoms with Crippen molar-refractivity contribution in [3.63, 3.8) is 0 Å². The van der Waals surface area contributed by atoms with Crippen LogP contribution in [0.2, 0.25) is 0 Å². The number of nitrogens with zero attached hydrogens (tertiary/aromatic N) is 1. The van der Waals surface area contributed by atoms with E-state index < -0.39 is 6.09 Å². The Morgan fingerprint density at radius 2 is 2.14 bits per heavy atom. The Balaban J connectivity index is 2.51. The van der Waals surface area contributed by atoms with E-state index in [1.807, 2.05) is 12.1 Å². The Morgan fingerprint density at radius 1 is 1.43 bits per heavy atom. The topological polar surface area (TPSA) is 46.6 Å². The third kappa shape index (κ3) is 1.25. The third-order valence-electron chi connectivity index (χ3n) is 2.08. The van der Waals surface area contributed by atoms with E-state index in [0.717, 1.165) is 10.5 Å². The highest BCUT2D eigenvalue weighted by molar-refractivity contribution is 6.12. The maximum absolute atomic E-state index is 11.3. The minimum absolute atomic E-state index is 0.235. The number of imide groups is 1. The summed E-state index contributed by atoms with van der Waals surface area (Å²) in [5.41, 5.74) is 1.47. The summed E-state index contributed by atoms with van der Waals surface area (Å²) in [6.07, 6.45) is -0.601. The summed E-state index contributed by atoms with van der Waals surface area (Å²) in [6.45, 7) is 1.57. The Bertz CT molecular complexity index is 400. The van der Waals surface area contributed by atoms with E-state index >= 15 is 0 Å². The normalized spacial score (nSPS) is 14.6. The molecule has 1 aliphatic rings. The van der Waals surface area contributed by atoms with Gasteiger partial charge in [-0.25, -0.2) is 9.69 Å². The van der Waals surface area contributed by atoms with Crippen LogP contribution in [0.25, 0.3) is 0 Å². The fourth-order valence-electron chi connectivity index (χ4n) is 1.45. The molecule has 72 valence electrons. The Hall–Kier alpha value is -1.84. The van der Waals surface area contributed by atoms with E-state index in [4.69, 9.17) is 4.74 Å². The predicted molar refractivity (Wildman–Crippen MR) is 49.8 cm³/mol. The molecule has 1 aromatic rings. The molecule has 0 aliphatic carbocycles. The Morgan fingerprint density at radius 3 is 2.86 bits per heavy atom. The van der Waals surface area contributed by atoms with Gasteiger partial charge in [0.2, 0.25) is 5.91 Å². The van der Waals surface area contributed by atoms with Crippen molar-refractivity contribution < 1.29 is 14.3 Å². The molecule has 0 atom stereocenters. The van der Waals surface area contributed by atoms with Crippen molar-refractivity contribution in [1.29, 1.82) is 0 Å². The number of hydrogen-bond acceptors (Lipinski definition) is 3. The zero-order valence-electron chi connectivity index (χ0n) is 7.69. The molecule has 1 heterocycles. The molecule has 4 heteroatoms. The first-order chi connectivity index (χ1) is 6.70. The number of para-hydroxylation sites is 1. The molecule has 2 rings (SSSR count). The summed E-state index contributed by atoms with van der Waals surface area (Å²) in [5, 5.41) is 0. The number of amides is 2. The molecule has 2 amide bonds. The summed E-state index contributed by atoms with van der Waals surface area (Å²) in [4.78, 5) is 23.5. The molecule has 0 spiro atoms. The van der Waals surface area contributed by atoms with Gasteiger partial charge in [-0.2, -0.15) is 0 Å². The Kier molecular flexibility index (Phi) is 1.96. The van der Waals surface area contributed by atoms with Gasteiger partial charge in [-0.15, -0.1) is 0 Å². The van der Waals surface area contributed by atoms with E-state index in [1.165, 1.54) is 6.92 Å². The van der Waals surface area contributed by atoms with Crippen LogP contribution >= 0.6 is 0 Å². The Labute approximate surface area is 81.1 Å². The summed E-state index contributed by atoms with van der Waals surface area (Å²) in [6, 6.07) is 7.19. The molecule has 1 aliphatic heterocycles. The smallest absolute Gasteiger partial charge is 0.421 e. The summed E-state index contributed by atoms with van der Waals surface area (Å²) in [5.74, 6) is -0.331. The third-order valence-corrected chi connectivity index (χ3v) is 2.08. The van der Waals surface area contributed by atoms with Crippen LogP contribution < -0.4 is 4.90 Å². The molecule has 0 unspecified atom stereocenters. The average Bonchev–Trinajstić information content (AvgIpc) is 2.17. The van der Waals surface area contributed by atoms with Gasteiger partial charge in [-0.05, 0) is 6.07 Å². The molecular weight excluding hydrogens is 182 g/mol. The van der Waals surface area contributed by atoms with Crippen LogP contribution in [0.3, 0.4) is 0 Å². The second-order valence-electron chi connectivity index (χ2n) is 3.04. The van der Waals surface area contributed by atoms with Gasteiger partial charge >= 0.3 is 6.09 Å². The van der Waals surface area contributed by atoms with Crippen molar-refractivity contribution >= 4 is 17.7 Å². The van der Waals surface area contributed by atoms with Gasteiger partial charge in [-0.3, -0.25) is 4.79 Å². The molecule has 1 aromatic carbocycles. The van der Waals surface area contributed by atoms with Crippen molar-refractivity contribution in [1.82, 2.24) is 0 Å². The summed E-state index contributed by atoms with van der Waals surface area (Å²) in [7, 11) is 0. The maximum atomic E-state index is 11.3. The van der Waals surface area contributed by atoms with E-state index in [2.05, 4.69) is 0 Å². The average molecular weight is 191 g/mol. The van der Waals surface area contributed by atoms with Crippen molar-refractivity contribution in [2.45, 2.75) is 13.5 Å². The molecule has 4 nitrogen and oxygen atoms in total. The van der Waals surface area contributed by atoms with E-state index in [1.54, 1.807) is 12.1 Å². The predicted octanol–water partition coefficient (Wildman–Crippen LogP) is 1.69. The largest absolute Gasteiger partial charge is 0.444 e.